The van der Waals surface area contributed by atoms with Crippen LogP contribution in [-0.4, -0.2) is 34.4 Å². The Kier molecular flexibility index (Phi) is 5.69. The highest BCUT2D eigenvalue weighted by Crippen LogP contribution is 2.20. The molecule has 108 valence electrons. The molecule has 1 aromatic rings. The molecule has 1 aromatic heterocycles. The average molecular weight is 268 g/mol. The minimum atomic E-state index is -0.224. The summed E-state index contributed by atoms with van der Waals surface area (Å²) < 4.78 is 11.0. The number of aliphatic hydroxyl groups is 1. The van der Waals surface area contributed by atoms with Crippen molar-refractivity contribution in [2.24, 2.45) is 0 Å². The van der Waals surface area contributed by atoms with Crippen LogP contribution in [0.3, 0.4) is 0 Å². The number of methoxy groups -OCH3 is 1. The van der Waals surface area contributed by atoms with Gasteiger partial charge in [-0.1, -0.05) is 13.8 Å². The van der Waals surface area contributed by atoms with Crippen molar-refractivity contribution in [2.75, 3.05) is 13.7 Å². The molecule has 1 rings (SSSR count). The van der Waals surface area contributed by atoms with Crippen LogP contribution in [-0.2, 0) is 11.3 Å². The third-order valence-electron chi connectivity index (χ3n) is 3.03. The number of aromatic nitrogens is 2. The number of ether oxygens (including phenoxy) is 2. The Balaban J connectivity index is 2.68. The van der Waals surface area contributed by atoms with Crippen molar-refractivity contribution < 1.29 is 14.6 Å². The zero-order chi connectivity index (χ0) is 14.5. The fourth-order valence-electron chi connectivity index (χ4n) is 1.44. The van der Waals surface area contributed by atoms with Gasteiger partial charge in [0.1, 0.15) is 11.5 Å². The first-order valence-corrected chi connectivity index (χ1v) is 6.54. The lowest BCUT2D eigenvalue weighted by molar-refractivity contribution is 0.00521. The van der Waals surface area contributed by atoms with Crippen LogP contribution in [0.2, 0.25) is 0 Å². The summed E-state index contributed by atoms with van der Waals surface area (Å²) in [5, 5.41) is 9.34. The van der Waals surface area contributed by atoms with Gasteiger partial charge in [0.2, 0.25) is 0 Å². The Labute approximate surface area is 115 Å². The van der Waals surface area contributed by atoms with E-state index in [-0.39, 0.29) is 18.1 Å². The van der Waals surface area contributed by atoms with Crippen molar-refractivity contribution in [3.8, 4) is 5.75 Å². The zero-order valence-corrected chi connectivity index (χ0v) is 12.4. The maximum absolute atomic E-state index is 9.34. The molecule has 0 saturated carbocycles. The van der Waals surface area contributed by atoms with Crippen LogP contribution in [0.5, 0.6) is 5.75 Å². The van der Waals surface area contributed by atoms with E-state index in [9.17, 15) is 5.11 Å². The molecule has 0 aromatic carbocycles. The Morgan fingerprint density at radius 2 is 2.05 bits per heavy atom. The Morgan fingerprint density at radius 1 is 1.37 bits per heavy atom. The summed E-state index contributed by atoms with van der Waals surface area (Å²) in [5.41, 5.74) is 0.312. The van der Waals surface area contributed by atoms with Crippen LogP contribution in [0, 0.1) is 0 Å². The van der Waals surface area contributed by atoms with Crippen molar-refractivity contribution in [1.29, 1.82) is 0 Å². The van der Waals surface area contributed by atoms with Gasteiger partial charge in [-0.2, -0.15) is 0 Å². The van der Waals surface area contributed by atoms with Crippen LogP contribution in [0.25, 0.3) is 0 Å². The maximum atomic E-state index is 9.34. The summed E-state index contributed by atoms with van der Waals surface area (Å²) in [7, 11) is 1.68. The van der Waals surface area contributed by atoms with Gasteiger partial charge in [0.15, 0.2) is 5.75 Å². The molecule has 0 amide bonds. The second kappa shape index (κ2) is 6.82. The lowest BCUT2D eigenvalue weighted by Gasteiger charge is -2.22. The first-order chi connectivity index (χ1) is 8.89. The highest BCUT2D eigenvalue weighted by Gasteiger charge is 2.17. The minimum Gasteiger partial charge on any atom is -0.490 e. The van der Waals surface area contributed by atoms with Crippen LogP contribution >= 0.6 is 0 Å². The second-order valence-electron chi connectivity index (χ2n) is 5.41. The molecular formula is C14H24N2O3. The summed E-state index contributed by atoms with van der Waals surface area (Å²) in [6, 6.07) is 0. The summed E-state index contributed by atoms with van der Waals surface area (Å²) >= 11 is 0. The van der Waals surface area contributed by atoms with Crippen molar-refractivity contribution in [1.82, 2.24) is 9.97 Å². The van der Waals surface area contributed by atoms with E-state index >= 15 is 0 Å². The number of rotatable bonds is 7. The van der Waals surface area contributed by atoms with Gasteiger partial charge in [0, 0.05) is 19.4 Å². The molecule has 19 heavy (non-hydrogen) atoms. The smallest absolute Gasteiger partial charge is 0.161 e. The van der Waals surface area contributed by atoms with Crippen LogP contribution < -0.4 is 4.74 Å². The summed E-state index contributed by atoms with van der Waals surface area (Å²) in [5.74, 6) is 1.49. The predicted molar refractivity (Wildman–Crippen MR) is 73.2 cm³/mol. The van der Waals surface area contributed by atoms with Crippen molar-refractivity contribution in [3.05, 3.63) is 17.7 Å². The van der Waals surface area contributed by atoms with Gasteiger partial charge in [-0.25, -0.2) is 9.97 Å². The highest BCUT2D eigenvalue weighted by atomic mass is 16.5. The number of hydrogen-bond donors (Lipinski definition) is 1. The molecule has 0 unspecified atom stereocenters. The fourth-order valence-corrected chi connectivity index (χ4v) is 1.44. The molecular weight excluding hydrogens is 244 g/mol. The quantitative estimate of drug-likeness (QED) is 0.822. The maximum Gasteiger partial charge on any atom is 0.161 e. The van der Waals surface area contributed by atoms with E-state index in [0.29, 0.717) is 23.9 Å². The Bertz CT molecular complexity index is 406. The molecule has 0 spiro atoms. The summed E-state index contributed by atoms with van der Waals surface area (Å²) in [6.45, 7) is 8.38. The van der Waals surface area contributed by atoms with E-state index in [1.807, 2.05) is 27.7 Å². The summed E-state index contributed by atoms with van der Waals surface area (Å²) in [4.78, 5) is 8.55. The van der Waals surface area contributed by atoms with Gasteiger partial charge in [-0.15, -0.1) is 0 Å². The molecule has 5 heteroatoms. The lowest BCUT2D eigenvalue weighted by Crippen LogP contribution is -2.25. The number of aliphatic hydroxyl groups excluding tert-OH is 1. The van der Waals surface area contributed by atoms with Crippen LogP contribution in [0.15, 0.2) is 6.20 Å². The van der Waals surface area contributed by atoms with Gasteiger partial charge in [0.25, 0.3) is 0 Å². The van der Waals surface area contributed by atoms with Crippen LogP contribution in [0.4, 0.5) is 0 Å². The van der Waals surface area contributed by atoms with E-state index in [4.69, 9.17) is 9.47 Å². The molecule has 0 bridgehead atoms. The second-order valence-corrected chi connectivity index (χ2v) is 5.41. The molecule has 5 nitrogen and oxygen atoms in total. The highest BCUT2D eigenvalue weighted by molar-refractivity contribution is 5.24. The van der Waals surface area contributed by atoms with Gasteiger partial charge < -0.3 is 14.6 Å². The van der Waals surface area contributed by atoms with Gasteiger partial charge in [0.05, 0.1) is 25.0 Å². The predicted octanol–water partition coefficient (Wildman–Crippen LogP) is 2.29. The monoisotopic (exact) mass is 268 g/mol. The normalized spacial score (nSPS) is 11.9. The fraction of sp³-hybridized carbons (Fsp3) is 0.714. The minimum absolute atomic E-state index is 0.148. The molecule has 0 saturated heterocycles. The van der Waals surface area contributed by atoms with Gasteiger partial charge in [-0.05, 0) is 13.8 Å². The standard InChI is InChI=1S/C14H24N2O3/c1-10(2)13-15-8-12(11(9-17)16-13)19-7-6-14(3,4)18-5/h8,10,17H,6-7,9H2,1-5H3. The zero-order valence-electron chi connectivity index (χ0n) is 12.4. The number of nitrogens with zero attached hydrogens (tertiary/aromatic N) is 2. The SMILES string of the molecule is COC(C)(C)CCOc1cnc(C(C)C)nc1CO. The summed E-state index contributed by atoms with van der Waals surface area (Å²) in [6.07, 6.45) is 2.38. The van der Waals surface area contributed by atoms with Crippen molar-refractivity contribution in [3.63, 3.8) is 0 Å². The molecule has 1 heterocycles. The first kappa shape index (κ1) is 15.9. The average Bonchev–Trinajstić information content (AvgIpc) is 2.38. The largest absolute Gasteiger partial charge is 0.490 e. The van der Waals surface area contributed by atoms with Gasteiger partial charge >= 0.3 is 0 Å². The Hall–Kier alpha value is -1.20. The van der Waals surface area contributed by atoms with Crippen molar-refractivity contribution in [2.45, 2.75) is 52.2 Å². The molecule has 1 N–H and O–H groups in total. The third kappa shape index (κ3) is 4.76. The molecule has 0 atom stereocenters. The molecule has 0 aliphatic heterocycles. The lowest BCUT2D eigenvalue weighted by atomic mass is 10.1. The number of hydrogen-bond acceptors (Lipinski definition) is 5. The molecule has 0 radical (unpaired) electrons. The molecule has 0 aliphatic carbocycles. The molecule has 0 aliphatic rings. The van der Waals surface area contributed by atoms with E-state index in [1.165, 1.54) is 0 Å². The van der Waals surface area contributed by atoms with E-state index < -0.39 is 0 Å². The van der Waals surface area contributed by atoms with Gasteiger partial charge in [-0.3, -0.25) is 0 Å². The van der Waals surface area contributed by atoms with E-state index in [1.54, 1.807) is 13.3 Å². The van der Waals surface area contributed by atoms with Crippen LogP contribution in [0.1, 0.15) is 51.6 Å². The first-order valence-electron chi connectivity index (χ1n) is 6.54. The molecule has 0 fully saturated rings. The Morgan fingerprint density at radius 3 is 2.58 bits per heavy atom. The van der Waals surface area contributed by atoms with E-state index in [2.05, 4.69) is 9.97 Å². The van der Waals surface area contributed by atoms with E-state index in [0.717, 1.165) is 6.42 Å². The topological polar surface area (TPSA) is 64.5 Å². The third-order valence-corrected chi connectivity index (χ3v) is 3.03. The van der Waals surface area contributed by atoms with Crippen molar-refractivity contribution >= 4 is 0 Å².